The third-order valence-corrected chi connectivity index (χ3v) is 4.70. The van der Waals surface area contributed by atoms with Gasteiger partial charge in [0.1, 0.15) is 0 Å². The molecule has 0 bridgehead atoms. The van der Waals surface area contributed by atoms with Crippen molar-refractivity contribution in [1.82, 2.24) is 4.72 Å². The van der Waals surface area contributed by atoms with Crippen LogP contribution in [-0.4, -0.2) is 36.7 Å². The minimum Gasteiger partial charge on any atom is -0.478 e. The third-order valence-electron chi connectivity index (χ3n) is 3.16. The van der Waals surface area contributed by atoms with Gasteiger partial charge in [-0.25, -0.2) is 17.9 Å². The summed E-state index contributed by atoms with van der Waals surface area (Å²) in [5.74, 6) is -1.19. The predicted molar refractivity (Wildman–Crippen MR) is 78.9 cm³/mol. The Labute approximate surface area is 124 Å². The molecule has 0 aliphatic carbocycles. The van der Waals surface area contributed by atoms with Crippen LogP contribution in [0, 0.1) is 6.92 Å². The molecular formula is C14H21NO5S. The van der Waals surface area contributed by atoms with Gasteiger partial charge in [-0.2, -0.15) is 0 Å². The lowest BCUT2D eigenvalue weighted by molar-refractivity contribution is 0.0554. The molecule has 0 aromatic heterocycles. The summed E-state index contributed by atoms with van der Waals surface area (Å²) in [7, 11) is -3.87. The van der Waals surface area contributed by atoms with Crippen LogP contribution in [0.5, 0.6) is 0 Å². The van der Waals surface area contributed by atoms with Crippen molar-refractivity contribution < 1.29 is 23.4 Å². The third kappa shape index (κ3) is 4.80. The van der Waals surface area contributed by atoms with Crippen molar-refractivity contribution >= 4 is 16.0 Å². The summed E-state index contributed by atoms with van der Waals surface area (Å²) in [5.41, 5.74) is -0.788. The van der Waals surface area contributed by atoms with Gasteiger partial charge in [-0.3, -0.25) is 0 Å². The maximum Gasteiger partial charge on any atom is 0.335 e. The van der Waals surface area contributed by atoms with Gasteiger partial charge < -0.3 is 10.2 Å². The van der Waals surface area contributed by atoms with E-state index in [0.717, 1.165) is 12.5 Å². The van der Waals surface area contributed by atoms with Gasteiger partial charge in [-0.05, 0) is 38.0 Å². The highest BCUT2D eigenvalue weighted by Gasteiger charge is 2.25. The Bertz CT molecular complexity index is 622. The Kier molecular flexibility index (Phi) is 5.49. The molecule has 0 spiro atoms. The number of carboxylic acid groups (broad SMARTS) is 1. The van der Waals surface area contributed by atoms with E-state index in [0.29, 0.717) is 12.0 Å². The van der Waals surface area contributed by atoms with E-state index < -0.39 is 21.6 Å². The Morgan fingerprint density at radius 1 is 1.38 bits per heavy atom. The zero-order valence-corrected chi connectivity index (χ0v) is 13.2. The minimum atomic E-state index is -3.87. The normalized spacial score (nSPS) is 14.7. The van der Waals surface area contributed by atoms with Crippen molar-refractivity contribution in [3.05, 3.63) is 29.3 Å². The molecule has 0 amide bonds. The van der Waals surface area contributed by atoms with Crippen molar-refractivity contribution in [1.29, 1.82) is 0 Å². The summed E-state index contributed by atoms with van der Waals surface area (Å²) in [6, 6.07) is 3.92. The number of nitrogens with one attached hydrogen (secondary N) is 1. The highest BCUT2D eigenvalue weighted by Crippen LogP contribution is 2.18. The first-order valence-electron chi connectivity index (χ1n) is 6.65. The largest absolute Gasteiger partial charge is 0.478 e. The van der Waals surface area contributed by atoms with E-state index in [-0.39, 0.29) is 17.0 Å². The molecule has 0 heterocycles. The van der Waals surface area contributed by atoms with Gasteiger partial charge in [-0.1, -0.05) is 19.4 Å². The zero-order valence-electron chi connectivity index (χ0n) is 12.4. The molecule has 0 fully saturated rings. The van der Waals surface area contributed by atoms with Crippen LogP contribution in [0.25, 0.3) is 0 Å². The van der Waals surface area contributed by atoms with E-state index in [4.69, 9.17) is 5.11 Å². The van der Waals surface area contributed by atoms with E-state index in [1.54, 1.807) is 13.8 Å². The van der Waals surface area contributed by atoms with Gasteiger partial charge >= 0.3 is 5.97 Å². The molecular weight excluding hydrogens is 294 g/mol. The van der Waals surface area contributed by atoms with Gasteiger partial charge in [-0.15, -0.1) is 0 Å². The molecule has 0 aliphatic heterocycles. The van der Waals surface area contributed by atoms with Gasteiger partial charge in [0, 0.05) is 6.54 Å². The van der Waals surface area contributed by atoms with Crippen molar-refractivity contribution in [3.8, 4) is 0 Å². The van der Waals surface area contributed by atoms with Crippen LogP contribution in [0.3, 0.4) is 0 Å². The number of aryl methyl sites for hydroxylation is 1. The maximum absolute atomic E-state index is 12.3. The van der Waals surface area contributed by atoms with Crippen LogP contribution in [-0.2, 0) is 10.0 Å². The van der Waals surface area contributed by atoms with Crippen LogP contribution in [0.1, 0.15) is 42.6 Å². The predicted octanol–water partition coefficient (Wildman–Crippen LogP) is 1.52. The van der Waals surface area contributed by atoms with Crippen LogP contribution in [0.4, 0.5) is 0 Å². The smallest absolute Gasteiger partial charge is 0.335 e. The number of carbonyl (C=O) groups is 1. The molecule has 1 aromatic carbocycles. The number of sulfonamides is 1. The van der Waals surface area contributed by atoms with Gasteiger partial charge in [0.15, 0.2) is 0 Å². The molecule has 118 valence electrons. The first-order valence-corrected chi connectivity index (χ1v) is 8.13. The van der Waals surface area contributed by atoms with Gasteiger partial charge in [0.2, 0.25) is 10.0 Å². The Morgan fingerprint density at radius 2 is 2.00 bits per heavy atom. The molecule has 1 aromatic rings. The summed E-state index contributed by atoms with van der Waals surface area (Å²) in [6.45, 7) is 4.91. The molecule has 0 saturated carbocycles. The van der Waals surface area contributed by atoms with Crippen molar-refractivity contribution in [2.45, 2.75) is 44.1 Å². The van der Waals surface area contributed by atoms with Crippen LogP contribution >= 0.6 is 0 Å². The molecule has 1 rings (SSSR count). The molecule has 1 unspecified atom stereocenters. The van der Waals surface area contributed by atoms with Crippen LogP contribution in [0.15, 0.2) is 23.1 Å². The summed E-state index contributed by atoms with van der Waals surface area (Å²) in [4.78, 5) is 10.9. The molecule has 0 saturated heterocycles. The second kappa shape index (κ2) is 6.55. The summed E-state index contributed by atoms with van der Waals surface area (Å²) in [5, 5.41) is 19.0. The fourth-order valence-corrected chi connectivity index (χ4v) is 3.41. The molecule has 7 heteroatoms. The molecule has 6 nitrogen and oxygen atoms in total. The van der Waals surface area contributed by atoms with E-state index in [2.05, 4.69) is 4.72 Å². The lowest BCUT2D eigenvalue weighted by atomic mass is 10.0. The second-order valence-electron chi connectivity index (χ2n) is 5.36. The highest BCUT2D eigenvalue weighted by atomic mass is 32.2. The number of hydrogen-bond donors (Lipinski definition) is 3. The monoisotopic (exact) mass is 315 g/mol. The minimum absolute atomic E-state index is 0.0882. The molecule has 0 aliphatic rings. The van der Waals surface area contributed by atoms with E-state index >= 15 is 0 Å². The number of aromatic carboxylic acids is 1. The molecule has 1 atom stereocenters. The first kappa shape index (κ1) is 17.6. The number of hydrogen-bond acceptors (Lipinski definition) is 4. The molecule has 0 radical (unpaired) electrons. The van der Waals surface area contributed by atoms with Crippen molar-refractivity contribution in [2.24, 2.45) is 0 Å². The highest BCUT2D eigenvalue weighted by molar-refractivity contribution is 7.89. The molecule has 3 N–H and O–H groups in total. The van der Waals surface area contributed by atoms with Gasteiger partial charge in [0.05, 0.1) is 16.1 Å². The lowest BCUT2D eigenvalue weighted by Gasteiger charge is -2.23. The maximum atomic E-state index is 12.3. The number of aliphatic hydroxyl groups is 1. The quantitative estimate of drug-likeness (QED) is 0.708. The Hall–Kier alpha value is -1.44. The summed E-state index contributed by atoms with van der Waals surface area (Å²) in [6.07, 6.45) is 1.19. The summed E-state index contributed by atoms with van der Waals surface area (Å²) < 4.78 is 26.9. The number of rotatable bonds is 7. The average Bonchev–Trinajstić information content (AvgIpc) is 2.36. The standard InChI is InChI=1S/C14H21NO5S/c1-4-7-14(3,18)9-15-21(19,20)12-8-11(13(16)17)6-5-10(12)2/h5-6,8,15,18H,4,7,9H2,1-3H3,(H,16,17). The fourth-order valence-electron chi connectivity index (χ4n) is 1.98. The molecule has 21 heavy (non-hydrogen) atoms. The number of benzene rings is 1. The average molecular weight is 315 g/mol. The van der Waals surface area contributed by atoms with Crippen molar-refractivity contribution in [3.63, 3.8) is 0 Å². The van der Waals surface area contributed by atoms with Gasteiger partial charge in [0.25, 0.3) is 0 Å². The van der Waals surface area contributed by atoms with Crippen LogP contribution in [0.2, 0.25) is 0 Å². The fraction of sp³-hybridized carbons (Fsp3) is 0.500. The topological polar surface area (TPSA) is 104 Å². The first-order chi connectivity index (χ1) is 9.59. The summed E-state index contributed by atoms with van der Waals surface area (Å²) >= 11 is 0. The zero-order chi connectivity index (χ0) is 16.3. The van der Waals surface area contributed by atoms with E-state index in [1.807, 2.05) is 6.92 Å². The van der Waals surface area contributed by atoms with Crippen molar-refractivity contribution in [2.75, 3.05) is 6.54 Å². The SMILES string of the molecule is CCCC(C)(O)CNS(=O)(=O)c1cc(C(=O)O)ccc1C. The van der Waals surface area contributed by atoms with Crippen LogP contribution < -0.4 is 4.72 Å². The second-order valence-corrected chi connectivity index (χ2v) is 7.09. The number of carboxylic acids is 1. The Balaban J connectivity index is 3.03. The van der Waals surface area contributed by atoms with E-state index in [1.165, 1.54) is 12.1 Å². The van der Waals surface area contributed by atoms with E-state index in [9.17, 15) is 18.3 Å². The lowest BCUT2D eigenvalue weighted by Crippen LogP contribution is -2.40. The Morgan fingerprint density at radius 3 is 2.52 bits per heavy atom.